The lowest BCUT2D eigenvalue weighted by Crippen LogP contribution is -2.42. The number of alkyl halides is 2. The molecular weight excluding hydrogens is 328 g/mol. The van der Waals surface area contributed by atoms with Gasteiger partial charge in [-0.2, -0.15) is 8.78 Å². The molecule has 1 saturated heterocycles. The third-order valence-electron chi connectivity index (χ3n) is 4.42. The minimum absolute atomic E-state index is 0.0799. The van der Waals surface area contributed by atoms with Crippen molar-refractivity contribution in [3.8, 4) is 5.75 Å². The van der Waals surface area contributed by atoms with Crippen LogP contribution in [-0.2, 0) is 14.9 Å². The van der Waals surface area contributed by atoms with Crippen molar-refractivity contribution in [1.82, 2.24) is 4.90 Å². The summed E-state index contributed by atoms with van der Waals surface area (Å²) >= 11 is 0. The van der Waals surface area contributed by atoms with Gasteiger partial charge in [-0.15, -0.1) is 0 Å². The van der Waals surface area contributed by atoms with Gasteiger partial charge in [-0.05, 0) is 43.9 Å². The van der Waals surface area contributed by atoms with Gasteiger partial charge in [0.15, 0.2) is 0 Å². The minimum Gasteiger partial charge on any atom is -0.493 e. The number of amides is 1. The van der Waals surface area contributed by atoms with Gasteiger partial charge in [-0.1, -0.05) is 26.0 Å². The van der Waals surface area contributed by atoms with Gasteiger partial charge in [0.2, 0.25) is 5.91 Å². The number of benzene rings is 1. The molecule has 0 aromatic heterocycles. The summed E-state index contributed by atoms with van der Waals surface area (Å²) in [6, 6.07) is 7.49. The van der Waals surface area contributed by atoms with E-state index in [4.69, 9.17) is 4.74 Å². The Balaban J connectivity index is 2.01. The van der Waals surface area contributed by atoms with Gasteiger partial charge in [-0.25, -0.2) is 0 Å². The van der Waals surface area contributed by atoms with E-state index in [-0.39, 0.29) is 12.5 Å². The Morgan fingerprint density at radius 3 is 2.48 bits per heavy atom. The zero-order valence-electron chi connectivity index (χ0n) is 15.3. The molecule has 0 radical (unpaired) electrons. The fourth-order valence-electron chi connectivity index (χ4n) is 2.92. The molecule has 1 fully saturated rings. The van der Waals surface area contributed by atoms with Crippen LogP contribution in [0.3, 0.4) is 0 Å². The molecule has 1 aliphatic heterocycles. The highest BCUT2D eigenvalue weighted by Crippen LogP contribution is 2.29. The summed E-state index contributed by atoms with van der Waals surface area (Å²) < 4.78 is 34.8. The third kappa shape index (κ3) is 5.14. The van der Waals surface area contributed by atoms with Crippen LogP contribution in [-0.4, -0.2) is 43.2 Å². The van der Waals surface area contributed by atoms with E-state index in [2.05, 4.69) is 18.6 Å². The topological polar surface area (TPSA) is 38.8 Å². The molecule has 0 N–H and O–H groups in total. The summed E-state index contributed by atoms with van der Waals surface area (Å²) in [5, 5.41) is 0. The SMILES string of the molecule is CC(C)COc1ccc(C(C)(C)C(=O)N2CC[C@H](OC(F)F)C2)cc1. The second-order valence-electron chi connectivity index (χ2n) is 7.41. The van der Waals surface area contributed by atoms with E-state index in [0.29, 0.717) is 25.5 Å². The van der Waals surface area contributed by atoms with Gasteiger partial charge < -0.3 is 14.4 Å². The van der Waals surface area contributed by atoms with Gasteiger partial charge in [0.1, 0.15) is 5.75 Å². The maximum Gasteiger partial charge on any atom is 0.345 e. The van der Waals surface area contributed by atoms with Crippen LogP contribution in [0.2, 0.25) is 0 Å². The highest BCUT2D eigenvalue weighted by molar-refractivity contribution is 5.87. The quantitative estimate of drug-likeness (QED) is 0.746. The zero-order valence-corrected chi connectivity index (χ0v) is 15.3. The molecule has 0 bridgehead atoms. The number of hydrogen-bond donors (Lipinski definition) is 0. The number of hydrogen-bond acceptors (Lipinski definition) is 3. The molecule has 0 aliphatic carbocycles. The number of nitrogens with zero attached hydrogens (tertiary/aromatic N) is 1. The lowest BCUT2D eigenvalue weighted by molar-refractivity contribution is -0.160. The van der Waals surface area contributed by atoms with Crippen molar-refractivity contribution >= 4 is 5.91 Å². The molecule has 6 heteroatoms. The molecule has 1 amide bonds. The Kier molecular flexibility index (Phi) is 6.38. The minimum atomic E-state index is -2.80. The molecule has 1 aliphatic rings. The number of rotatable bonds is 7. The first kappa shape index (κ1) is 19.6. The molecule has 1 aromatic carbocycles. The van der Waals surface area contributed by atoms with E-state index in [9.17, 15) is 13.6 Å². The normalized spacial score (nSPS) is 18.2. The first-order chi connectivity index (χ1) is 11.7. The predicted octanol–water partition coefficient (Wildman–Crippen LogP) is 3.84. The van der Waals surface area contributed by atoms with Gasteiger partial charge in [-0.3, -0.25) is 4.79 Å². The lowest BCUT2D eigenvalue weighted by Gasteiger charge is -2.30. The van der Waals surface area contributed by atoms with Crippen molar-refractivity contribution in [2.24, 2.45) is 5.92 Å². The van der Waals surface area contributed by atoms with Crippen molar-refractivity contribution in [3.05, 3.63) is 29.8 Å². The highest BCUT2D eigenvalue weighted by atomic mass is 19.3. The number of carbonyl (C=O) groups is 1. The highest BCUT2D eigenvalue weighted by Gasteiger charge is 2.38. The molecule has 1 heterocycles. The van der Waals surface area contributed by atoms with Crippen molar-refractivity contribution in [2.45, 2.75) is 52.2 Å². The Bertz CT molecular complexity index is 573. The molecule has 140 valence electrons. The van der Waals surface area contributed by atoms with Crippen molar-refractivity contribution in [2.75, 3.05) is 19.7 Å². The van der Waals surface area contributed by atoms with Crippen molar-refractivity contribution in [3.63, 3.8) is 0 Å². The van der Waals surface area contributed by atoms with Gasteiger partial charge in [0.05, 0.1) is 18.1 Å². The molecule has 4 nitrogen and oxygen atoms in total. The monoisotopic (exact) mass is 355 g/mol. The number of halogens is 2. The second kappa shape index (κ2) is 8.13. The van der Waals surface area contributed by atoms with E-state index in [0.717, 1.165) is 11.3 Å². The predicted molar refractivity (Wildman–Crippen MR) is 91.9 cm³/mol. The second-order valence-corrected chi connectivity index (χ2v) is 7.41. The smallest absolute Gasteiger partial charge is 0.345 e. The van der Waals surface area contributed by atoms with Crippen molar-refractivity contribution in [1.29, 1.82) is 0 Å². The van der Waals surface area contributed by atoms with Crippen molar-refractivity contribution < 1.29 is 23.0 Å². The fourth-order valence-corrected chi connectivity index (χ4v) is 2.92. The average molecular weight is 355 g/mol. The molecule has 0 unspecified atom stereocenters. The third-order valence-corrected chi connectivity index (χ3v) is 4.42. The summed E-state index contributed by atoms with van der Waals surface area (Å²) in [5.41, 5.74) is 0.128. The van der Waals surface area contributed by atoms with Crippen LogP contribution < -0.4 is 4.74 Å². The van der Waals surface area contributed by atoms with Gasteiger partial charge in [0.25, 0.3) is 0 Å². The maximum absolute atomic E-state index is 12.9. The van der Waals surface area contributed by atoms with Crippen LogP contribution in [0, 0.1) is 5.92 Å². The first-order valence-electron chi connectivity index (χ1n) is 8.66. The van der Waals surface area contributed by atoms with E-state index in [1.807, 2.05) is 38.1 Å². The van der Waals surface area contributed by atoms with Crippen LogP contribution in [0.4, 0.5) is 8.78 Å². The van der Waals surface area contributed by atoms with Crippen LogP contribution >= 0.6 is 0 Å². The van der Waals surface area contributed by atoms with Crippen LogP contribution in [0.5, 0.6) is 5.75 Å². The van der Waals surface area contributed by atoms with E-state index in [1.165, 1.54) is 0 Å². The van der Waals surface area contributed by atoms with Gasteiger partial charge in [0, 0.05) is 13.1 Å². The van der Waals surface area contributed by atoms with Crippen LogP contribution in [0.1, 0.15) is 39.7 Å². The molecular formula is C19H27F2NO3. The largest absolute Gasteiger partial charge is 0.493 e. The summed E-state index contributed by atoms with van der Waals surface area (Å²) in [7, 11) is 0. The number of ether oxygens (including phenoxy) is 2. The van der Waals surface area contributed by atoms with Crippen LogP contribution in [0.25, 0.3) is 0 Å². The molecule has 2 rings (SSSR count). The summed E-state index contributed by atoms with van der Waals surface area (Å²) in [6.45, 7) is 6.35. The molecule has 1 atom stereocenters. The Morgan fingerprint density at radius 2 is 1.92 bits per heavy atom. The molecule has 1 aromatic rings. The molecule has 0 spiro atoms. The standard InChI is InChI=1S/C19H27F2NO3/c1-13(2)12-24-15-7-5-14(6-8-15)19(3,4)17(23)22-10-9-16(11-22)25-18(20)21/h5-8,13,16,18H,9-12H2,1-4H3/t16-/m0/s1. The Labute approximate surface area is 148 Å². The van der Waals surface area contributed by atoms with E-state index < -0.39 is 18.1 Å². The molecule has 0 saturated carbocycles. The van der Waals surface area contributed by atoms with Crippen LogP contribution in [0.15, 0.2) is 24.3 Å². The summed E-state index contributed by atoms with van der Waals surface area (Å²) in [5.74, 6) is 1.13. The zero-order chi connectivity index (χ0) is 18.6. The van der Waals surface area contributed by atoms with E-state index in [1.54, 1.807) is 4.90 Å². The average Bonchev–Trinajstić information content (AvgIpc) is 3.00. The summed E-state index contributed by atoms with van der Waals surface area (Å²) in [4.78, 5) is 14.5. The Morgan fingerprint density at radius 1 is 1.28 bits per heavy atom. The summed E-state index contributed by atoms with van der Waals surface area (Å²) in [6.07, 6.45) is -0.153. The number of carbonyl (C=O) groups excluding carboxylic acids is 1. The first-order valence-corrected chi connectivity index (χ1v) is 8.66. The van der Waals surface area contributed by atoms with E-state index >= 15 is 0 Å². The Hall–Kier alpha value is -1.69. The lowest BCUT2D eigenvalue weighted by atomic mass is 9.83. The molecule has 25 heavy (non-hydrogen) atoms. The maximum atomic E-state index is 12.9. The van der Waals surface area contributed by atoms with Gasteiger partial charge >= 0.3 is 6.61 Å². The number of likely N-dealkylation sites (tertiary alicyclic amines) is 1. The fraction of sp³-hybridized carbons (Fsp3) is 0.632.